The van der Waals surface area contributed by atoms with Gasteiger partial charge in [0.15, 0.2) is 0 Å². The first-order valence-corrected chi connectivity index (χ1v) is 5.47. The second-order valence-corrected chi connectivity index (χ2v) is 4.72. The Bertz CT molecular complexity index is 360. The van der Waals surface area contributed by atoms with Gasteiger partial charge in [0.25, 0.3) is 0 Å². The minimum absolute atomic E-state index is 0. The van der Waals surface area contributed by atoms with Crippen molar-refractivity contribution < 1.29 is 9.90 Å². The van der Waals surface area contributed by atoms with Crippen molar-refractivity contribution in [3.63, 3.8) is 0 Å². The quantitative estimate of drug-likeness (QED) is 0.851. The van der Waals surface area contributed by atoms with E-state index in [1.54, 1.807) is 13.8 Å². The third-order valence-electron chi connectivity index (χ3n) is 2.68. The van der Waals surface area contributed by atoms with Gasteiger partial charge >= 0.3 is 5.97 Å². The zero-order valence-corrected chi connectivity index (χ0v) is 11.1. The molecule has 0 radical (unpaired) electrons. The SMILES string of the molecule is CC(C)(Cc1ccc(CCN)cc1)C(=O)O.Cl. The number of benzene rings is 1. The first-order valence-electron chi connectivity index (χ1n) is 5.47. The summed E-state index contributed by atoms with van der Waals surface area (Å²) in [7, 11) is 0. The van der Waals surface area contributed by atoms with Crippen molar-refractivity contribution in [3.05, 3.63) is 35.4 Å². The van der Waals surface area contributed by atoms with Gasteiger partial charge in [-0.15, -0.1) is 12.4 Å². The van der Waals surface area contributed by atoms with Crippen LogP contribution in [-0.2, 0) is 17.6 Å². The van der Waals surface area contributed by atoms with Gasteiger partial charge in [-0.25, -0.2) is 0 Å². The number of hydrogen-bond acceptors (Lipinski definition) is 2. The molecule has 96 valence electrons. The van der Waals surface area contributed by atoms with Gasteiger partial charge in [-0.2, -0.15) is 0 Å². The zero-order chi connectivity index (χ0) is 12.2. The van der Waals surface area contributed by atoms with Crippen LogP contribution in [0.25, 0.3) is 0 Å². The predicted molar refractivity (Wildman–Crippen MR) is 71.6 cm³/mol. The fourth-order valence-corrected chi connectivity index (χ4v) is 1.58. The maximum Gasteiger partial charge on any atom is 0.309 e. The van der Waals surface area contributed by atoms with Gasteiger partial charge in [0, 0.05) is 0 Å². The van der Waals surface area contributed by atoms with Crippen LogP contribution in [0.3, 0.4) is 0 Å². The smallest absolute Gasteiger partial charge is 0.309 e. The average Bonchev–Trinajstić information content (AvgIpc) is 2.21. The van der Waals surface area contributed by atoms with Gasteiger partial charge in [0.1, 0.15) is 0 Å². The lowest BCUT2D eigenvalue weighted by Gasteiger charge is -2.19. The van der Waals surface area contributed by atoms with E-state index in [4.69, 9.17) is 10.8 Å². The summed E-state index contributed by atoms with van der Waals surface area (Å²) in [6.07, 6.45) is 1.41. The van der Waals surface area contributed by atoms with Crippen LogP contribution < -0.4 is 5.73 Å². The molecular formula is C13H20ClNO2. The largest absolute Gasteiger partial charge is 0.481 e. The molecule has 17 heavy (non-hydrogen) atoms. The molecule has 4 heteroatoms. The number of rotatable bonds is 5. The number of carbonyl (C=O) groups is 1. The lowest BCUT2D eigenvalue weighted by molar-refractivity contribution is -0.146. The number of carboxylic acid groups (broad SMARTS) is 1. The molecule has 1 rings (SSSR count). The minimum Gasteiger partial charge on any atom is -0.481 e. The van der Waals surface area contributed by atoms with Gasteiger partial charge in [0.05, 0.1) is 5.41 Å². The van der Waals surface area contributed by atoms with E-state index < -0.39 is 11.4 Å². The standard InChI is InChI=1S/C13H19NO2.ClH/c1-13(2,12(15)16)9-11-5-3-10(4-6-11)7-8-14;/h3-6H,7-9,14H2,1-2H3,(H,15,16);1H. The third-order valence-corrected chi connectivity index (χ3v) is 2.68. The highest BCUT2D eigenvalue weighted by Gasteiger charge is 2.27. The summed E-state index contributed by atoms with van der Waals surface area (Å²) < 4.78 is 0. The van der Waals surface area contributed by atoms with Crippen LogP contribution in [0, 0.1) is 5.41 Å². The number of halogens is 1. The molecule has 0 atom stereocenters. The molecule has 0 aliphatic heterocycles. The van der Waals surface area contributed by atoms with E-state index in [1.807, 2.05) is 24.3 Å². The number of hydrogen-bond donors (Lipinski definition) is 2. The van der Waals surface area contributed by atoms with E-state index >= 15 is 0 Å². The van der Waals surface area contributed by atoms with Crippen LogP contribution in [0.4, 0.5) is 0 Å². The zero-order valence-electron chi connectivity index (χ0n) is 10.3. The van der Waals surface area contributed by atoms with Gasteiger partial charge in [-0.3, -0.25) is 4.79 Å². The molecule has 0 bridgehead atoms. The molecule has 0 saturated heterocycles. The Morgan fingerprint density at radius 1 is 1.24 bits per heavy atom. The molecule has 0 aromatic heterocycles. The highest BCUT2D eigenvalue weighted by Crippen LogP contribution is 2.22. The Labute approximate surface area is 108 Å². The van der Waals surface area contributed by atoms with Crippen molar-refractivity contribution in [2.75, 3.05) is 6.54 Å². The Hall–Kier alpha value is -1.06. The van der Waals surface area contributed by atoms with E-state index in [-0.39, 0.29) is 12.4 Å². The monoisotopic (exact) mass is 257 g/mol. The second kappa shape index (κ2) is 6.62. The molecule has 0 amide bonds. The summed E-state index contributed by atoms with van der Waals surface area (Å²) in [4.78, 5) is 11.0. The molecule has 0 saturated carbocycles. The van der Waals surface area contributed by atoms with E-state index in [1.165, 1.54) is 5.56 Å². The highest BCUT2D eigenvalue weighted by atomic mass is 35.5. The Morgan fingerprint density at radius 3 is 2.12 bits per heavy atom. The van der Waals surface area contributed by atoms with Crippen LogP contribution in [-0.4, -0.2) is 17.6 Å². The van der Waals surface area contributed by atoms with E-state index in [9.17, 15) is 4.79 Å². The van der Waals surface area contributed by atoms with Gasteiger partial charge in [0.2, 0.25) is 0 Å². The predicted octanol–water partition coefficient (Wildman–Crippen LogP) is 2.26. The summed E-state index contributed by atoms with van der Waals surface area (Å²) in [5, 5.41) is 9.02. The molecule has 0 aliphatic carbocycles. The topological polar surface area (TPSA) is 63.3 Å². The van der Waals surface area contributed by atoms with Crippen molar-refractivity contribution >= 4 is 18.4 Å². The van der Waals surface area contributed by atoms with Crippen LogP contribution in [0.5, 0.6) is 0 Å². The Kier molecular flexibility index (Phi) is 6.21. The molecular weight excluding hydrogens is 238 g/mol. The van der Waals surface area contributed by atoms with Gasteiger partial charge < -0.3 is 10.8 Å². The minimum atomic E-state index is -0.765. The number of carboxylic acids is 1. The van der Waals surface area contributed by atoms with E-state index in [0.717, 1.165) is 12.0 Å². The molecule has 3 nitrogen and oxygen atoms in total. The third kappa shape index (κ3) is 4.75. The van der Waals surface area contributed by atoms with E-state index in [2.05, 4.69) is 0 Å². The van der Waals surface area contributed by atoms with Gasteiger partial charge in [-0.1, -0.05) is 24.3 Å². The molecule has 0 unspecified atom stereocenters. The summed E-state index contributed by atoms with van der Waals surface area (Å²) in [6.45, 7) is 4.12. The van der Waals surface area contributed by atoms with Crippen LogP contribution in [0.2, 0.25) is 0 Å². The van der Waals surface area contributed by atoms with Crippen molar-refractivity contribution in [3.8, 4) is 0 Å². The van der Waals surface area contributed by atoms with Crippen molar-refractivity contribution in [2.45, 2.75) is 26.7 Å². The summed E-state index contributed by atoms with van der Waals surface area (Å²) in [6, 6.07) is 7.99. The van der Waals surface area contributed by atoms with Gasteiger partial charge in [-0.05, 0) is 44.4 Å². The van der Waals surface area contributed by atoms with E-state index in [0.29, 0.717) is 13.0 Å². The summed E-state index contributed by atoms with van der Waals surface area (Å²) in [5.41, 5.74) is 6.99. The van der Waals surface area contributed by atoms with Crippen molar-refractivity contribution in [2.24, 2.45) is 11.1 Å². The van der Waals surface area contributed by atoms with Crippen LogP contribution >= 0.6 is 12.4 Å². The molecule has 1 aromatic rings. The van der Waals surface area contributed by atoms with Crippen molar-refractivity contribution in [1.29, 1.82) is 0 Å². The first kappa shape index (κ1) is 15.9. The molecule has 0 aliphatic rings. The van der Waals surface area contributed by atoms with Crippen molar-refractivity contribution in [1.82, 2.24) is 0 Å². The second-order valence-electron chi connectivity index (χ2n) is 4.72. The molecule has 1 aromatic carbocycles. The van der Waals surface area contributed by atoms with Crippen LogP contribution in [0.1, 0.15) is 25.0 Å². The molecule has 0 spiro atoms. The molecule has 0 fully saturated rings. The molecule has 3 N–H and O–H groups in total. The highest BCUT2D eigenvalue weighted by molar-refractivity contribution is 5.85. The first-order chi connectivity index (χ1) is 7.45. The summed E-state index contributed by atoms with van der Waals surface area (Å²) >= 11 is 0. The summed E-state index contributed by atoms with van der Waals surface area (Å²) in [5.74, 6) is -0.765. The normalized spacial score (nSPS) is 10.8. The fourth-order valence-electron chi connectivity index (χ4n) is 1.58. The number of aliphatic carboxylic acids is 1. The number of nitrogens with two attached hydrogens (primary N) is 1. The lowest BCUT2D eigenvalue weighted by Crippen LogP contribution is -2.26. The Balaban J connectivity index is 0.00000256. The maximum absolute atomic E-state index is 11.0. The average molecular weight is 258 g/mol. The lowest BCUT2D eigenvalue weighted by atomic mass is 9.86. The Morgan fingerprint density at radius 2 is 1.71 bits per heavy atom. The molecule has 0 heterocycles. The maximum atomic E-state index is 11.0. The van der Waals surface area contributed by atoms with Crippen LogP contribution in [0.15, 0.2) is 24.3 Å². The fraction of sp³-hybridized carbons (Fsp3) is 0.462.